The molecule has 0 aliphatic heterocycles. The summed E-state index contributed by atoms with van der Waals surface area (Å²) in [5.74, 6) is -0.321. The molecule has 4 N–H and O–H groups in total. The van der Waals surface area contributed by atoms with Gasteiger partial charge in [0.2, 0.25) is 5.91 Å². The summed E-state index contributed by atoms with van der Waals surface area (Å²) in [4.78, 5) is 12.3. The van der Waals surface area contributed by atoms with Crippen molar-refractivity contribution in [2.45, 2.75) is 33.2 Å². The fourth-order valence-corrected chi connectivity index (χ4v) is 2.23. The predicted molar refractivity (Wildman–Crippen MR) is 81.0 cm³/mol. The molecule has 112 valence electrons. The first-order chi connectivity index (χ1) is 9.37. The Balaban J connectivity index is 2.71. The number of nitrogens with one attached hydrogen (secondary N) is 1. The molecule has 1 rings (SSSR count). The van der Waals surface area contributed by atoms with E-state index in [1.165, 1.54) is 0 Å². The van der Waals surface area contributed by atoms with Gasteiger partial charge in [-0.3, -0.25) is 4.79 Å². The van der Waals surface area contributed by atoms with E-state index in [1.54, 1.807) is 0 Å². The van der Waals surface area contributed by atoms with E-state index in [0.717, 1.165) is 12.0 Å². The van der Waals surface area contributed by atoms with Gasteiger partial charge in [0.1, 0.15) is 0 Å². The van der Waals surface area contributed by atoms with Crippen molar-refractivity contribution >= 4 is 5.91 Å². The molecule has 20 heavy (non-hydrogen) atoms. The molecule has 0 heterocycles. The molecule has 0 aliphatic carbocycles. The highest BCUT2D eigenvalue weighted by molar-refractivity contribution is 5.79. The monoisotopic (exact) mass is 278 g/mol. The van der Waals surface area contributed by atoms with Crippen LogP contribution in [0.5, 0.6) is 0 Å². The smallest absolute Gasteiger partial charge is 0.224 e. The third-order valence-electron chi connectivity index (χ3n) is 3.22. The van der Waals surface area contributed by atoms with Gasteiger partial charge in [-0.1, -0.05) is 51.1 Å². The van der Waals surface area contributed by atoms with Crippen LogP contribution in [-0.2, 0) is 4.79 Å². The third-order valence-corrected chi connectivity index (χ3v) is 3.22. The number of nitrogens with two attached hydrogens (primary N) is 1. The highest BCUT2D eigenvalue weighted by Gasteiger charge is 2.25. The Hall–Kier alpha value is -1.39. The van der Waals surface area contributed by atoms with Gasteiger partial charge in [0.25, 0.3) is 0 Å². The average Bonchev–Trinajstić information content (AvgIpc) is 2.41. The van der Waals surface area contributed by atoms with E-state index in [4.69, 9.17) is 5.73 Å². The highest BCUT2D eigenvalue weighted by atomic mass is 16.3. The summed E-state index contributed by atoms with van der Waals surface area (Å²) >= 11 is 0. The maximum atomic E-state index is 12.3. The van der Waals surface area contributed by atoms with E-state index in [-0.39, 0.29) is 29.9 Å². The van der Waals surface area contributed by atoms with Crippen LogP contribution in [0.2, 0.25) is 0 Å². The zero-order chi connectivity index (χ0) is 15.2. The fraction of sp³-hybridized carbons (Fsp3) is 0.562. The fourth-order valence-electron chi connectivity index (χ4n) is 2.23. The van der Waals surface area contributed by atoms with Crippen LogP contribution in [0.4, 0.5) is 0 Å². The Morgan fingerprint density at radius 1 is 1.30 bits per heavy atom. The van der Waals surface area contributed by atoms with E-state index in [1.807, 2.05) is 30.3 Å². The zero-order valence-electron chi connectivity index (χ0n) is 12.6. The number of rotatable bonds is 6. The normalized spacial score (nSPS) is 14.7. The van der Waals surface area contributed by atoms with Crippen LogP contribution >= 0.6 is 0 Å². The molecule has 0 radical (unpaired) electrons. The maximum absolute atomic E-state index is 12.3. The summed E-state index contributed by atoms with van der Waals surface area (Å²) in [6.07, 6.45) is 0.724. The van der Waals surface area contributed by atoms with Crippen LogP contribution in [0.3, 0.4) is 0 Å². The predicted octanol–water partition coefficient (Wildman–Crippen LogP) is 1.85. The van der Waals surface area contributed by atoms with Crippen LogP contribution in [0, 0.1) is 11.3 Å². The van der Waals surface area contributed by atoms with Crippen molar-refractivity contribution in [2.24, 2.45) is 17.1 Å². The van der Waals surface area contributed by atoms with E-state index >= 15 is 0 Å². The molecule has 4 nitrogen and oxygen atoms in total. The topological polar surface area (TPSA) is 75.4 Å². The van der Waals surface area contributed by atoms with Crippen molar-refractivity contribution in [1.29, 1.82) is 0 Å². The molecular formula is C16H26N2O2. The molecule has 1 amide bonds. The Bertz CT molecular complexity index is 412. The molecule has 0 saturated carbocycles. The van der Waals surface area contributed by atoms with E-state index in [0.29, 0.717) is 6.54 Å². The third kappa shape index (κ3) is 5.31. The molecule has 2 atom stereocenters. The molecule has 4 heteroatoms. The molecule has 1 aromatic carbocycles. The van der Waals surface area contributed by atoms with Gasteiger partial charge >= 0.3 is 0 Å². The van der Waals surface area contributed by atoms with Crippen molar-refractivity contribution in [3.05, 3.63) is 35.9 Å². The minimum Gasteiger partial charge on any atom is -0.394 e. The highest BCUT2D eigenvalue weighted by Crippen LogP contribution is 2.24. The molecule has 1 unspecified atom stereocenters. The molecular weight excluding hydrogens is 252 g/mol. The number of aliphatic hydroxyl groups excluding tert-OH is 1. The number of aliphatic hydroxyl groups is 1. The summed E-state index contributed by atoms with van der Waals surface area (Å²) < 4.78 is 0. The molecule has 0 aliphatic rings. The first-order valence-corrected chi connectivity index (χ1v) is 7.03. The molecule has 0 bridgehead atoms. The first-order valence-electron chi connectivity index (χ1n) is 7.03. The van der Waals surface area contributed by atoms with Gasteiger partial charge in [0, 0.05) is 6.54 Å². The number of benzene rings is 1. The zero-order valence-corrected chi connectivity index (χ0v) is 12.6. The lowest BCUT2D eigenvalue weighted by atomic mass is 9.84. The van der Waals surface area contributed by atoms with Gasteiger partial charge in [-0.05, 0) is 17.4 Å². The SMILES string of the molecule is CC(C)(C)CC(CN)C(=O)N[C@@H](CO)c1ccccc1. The van der Waals surface area contributed by atoms with Crippen LogP contribution < -0.4 is 11.1 Å². The van der Waals surface area contributed by atoms with Gasteiger partial charge in [-0.25, -0.2) is 0 Å². The second-order valence-electron chi connectivity index (χ2n) is 6.35. The number of hydrogen-bond donors (Lipinski definition) is 3. The lowest BCUT2D eigenvalue weighted by Crippen LogP contribution is -2.40. The molecule has 0 fully saturated rings. The van der Waals surface area contributed by atoms with Crippen molar-refractivity contribution in [1.82, 2.24) is 5.32 Å². The quantitative estimate of drug-likeness (QED) is 0.743. The number of hydrogen-bond acceptors (Lipinski definition) is 3. The van der Waals surface area contributed by atoms with Crippen LogP contribution in [0.25, 0.3) is 0 Å². The van der Waals surface area contributed by atoms with Crippen LogP contribution in [-0.4, -0.2) is 24.2 Å². The largest absolute Gasteiger partial charge is 0.394 e. The first kappa shape index (κ1) is 16.7. The van der Waals surface area contributed by atoms with Crippen LogP contribution in [0.1, 0.15) is 38.8 Å². The Morgan fingerprint density at radius 2 is 1.90 bits per heavy atom. The summed E-state index contributed by atoms with van der Waals surface area (Å²) in [6, 6.07) is 9.09. The van der Waals surface area contributed by atoms with E-state index in [2.05, 4.69) is 26.1 Å². The van der Waals surface area contributed by atoms with Crippen molar-refractivity contribution < 1.29 is 9.90 Å². The molecule has 0 aromatic heterocycles. The van der Waals surface area contributed by atoms with Crippen molar-refractivity contribution in [3.63, 3.8) is 0 Å². The van der Waals surface area contributed by atoms with E-state index < -0.39 is 0 Å². The Morgan fingerprint density at radius 3 is 2.35 bits per heavy atom. The Kier molecular flexibility index (Phi) is 6.17. The van der Waals surface area contributed by atoms with Gasteiger partial charge in [-0.15, -0.1) is 0 Å². The maximum Gasteiger partial charge on any atom is 0.224 e. The molecule has 0 spiro atoms. The van der Waals surface area contributed by atoms with Gasteiger partial charge in [0.15, 0.2) is 0 Å². The second-order valence-corrected chi connectivity index (χ2v) is 6.35. The lowest BCUT2D eigenvalue weighted by molar-refractivity contribution is -0.126. The standard InChI is InChI=1S/C16H26N2O2/c1-16(2,3)9-13(10-17)15(20)18-14(11-19)12-7-5-4-6-8-12/h4-8,13-14,19H,9-11,17H2,1-3H3,(H,18,20)/t13?,14-/m0/s1. The van der Waals surface area contributed by atoms with Gasteiger partial charge in [-0.2, -0.15) is 0 Å². The number of carbonyl (C=O) groups is 1. The van der Waals surface area contributed by atoms with Gasteiger partial charge < -0.3 is 16.2 Å². The summed E-state index contributed by atoms with van der Waals surface area (Å²) in [5, 5.41) is 12.4. The minimum absolute atomic E-state index is 0.0445. The van der Waals surface area contributed by atoms with Crippen LogP contribution in [0.15, 0.2) is 30.3 Å². The number of carbonyl (C=O) groups excluding carboxylic acids is 1. The van der Waals surface area contributed by atoms with Crippen molar-refractivity contribution in [3.8, 4) is 0 Å². The average molecular weight is 278 g/mol. The summed E-state index contributed by atoms with van der Waals surface area (Å²) in [6.45, 7) is 6.45. The van der Waals surface area contributed by atoms with Gasteiger partial charge in [0.05, 0.1) is 18.6 Å². The van der Waals surface area contributed by atoms with E-state index in [9.17, 15) is 9.90 Å². The minimum atomic E-state index is -0.377. The molecule has 0 saturated heterocycles. The summed E-state index contributed by atoms with van der Waals surface area (Å²) in [5.41, 5.74) is 6.66. The summed E-state index contributed by atoms with van der Waals surface area (Å²) in [7, 11) is 0. The lowest BCUT2D eigenvalue weighted by Gasteiger charge is -2.26. The Labute approximate surface area is 121 Å². The molecule has 1 aromatic rings. The number of amides is 1. The van der Waals surface area contributed by atoms with Crippen molar-refractivity contribution in [2.75, 3.05) is 13.2 Å². The second kappa shape index (κ2) is 7.41.